The quantitative estimate of drug-likeness (QED) is 0.256. The van der Waals surface area contributed by atoms with Crippen LogP contribution in [0.1, 0.15) is 28.2 Å². The van der Waals surface area contributed by atoms with Crippen molar-refractivity contribution in [1.82, 2.24) is 19.5 Å². The minimum absolute atomic E-state index is 0.0262. The number of hydrogen-bond acceptors (Lipinski definition) is 8. The summed E-state index contributed by atoms with van der Waals surface area (Å²) in [4.78, 5) is 38.2. The Kier molecular flexibility index (Phi) is 7.51. The van der Waals surface area contributed by atoms with Gasteiger partial charge in [-0.1, -0.05) is 24.5 Å². The van der Waals surface area contributed by atoms with Crippen LogP contribution in [0.5, 0.6) is 0 Å². The Bertz CT molecular complexity index is 1330. The number of carbonyl (C=O) groups is 3. The summed E-state index contributed by atoms with van der Waals surface area (Å²) in [5, 5.41) is 3.90. The second-order valence-electron chi connectivity index (χ2n) is 6.96. The van der Waals surface area contributed by atoms with E-state index < -0.39 is 39.0 Å². The van der Waals surface area contributed by atoms with Gasteiger partial charge in [-0.15, -0.1) is 5.10 Å². The first-order valence-corrected chi connectivity index (χ1v) is 11.2. The zero-order valence-corrected chi connectivity index (χ0v) is 18.3. The third-order valence-electron chi connectivity index (χ3n) is 4.52. The molecule has 10 nitrogen and oxygen atoms in total. The van der Waals surface area contributed by atoms with Crippen LogP contribution >= 0.6 is 0 Å². The number of nitrogens with zero attached hydrogens (tertiary/aromatic N) is 3. The average Bonchev–Trinajstić information content (AvgIpc) is 3.13. The number of sulfonamides is 1. The van der Waals surface area contributed by atoms with Crippen LogP contribution in [0.15, 0.2) is 47.4 Å². The first-order valence-electron chi connectivity index (χ1n) is 9.74. The molecule has 0 spiro atoms. The third-order valence-corrected chi connectivity index (χ3v) is 5.91. The van der Waals surface area contributed by atoms with Gasteiger partial charge in [0.1, 0.15) is 17.2 Å². The van der Waals surface area contributed by atoms with Gasteiger partial charge in [-0.05, 0) is 29.8 Å². The van der Waals surface area contributed by atoms with E-state index in [4.69, 9.17) is 5.73 Å². The minimum atomic E-state index is -4.11. The summed E-state index contributed by atoms with van der Waals surface area (Å²) in [5.74, 6) is -4.37. The Morgan fingerprint density at radius 2 is 1.76 bits per heavy atom. The fourth-order valence-electron chi connectivity index (χ4n) is 2.91. The standard InChI is InChI=1S/C20H17BF2N5O5S/c22-14-2-1-3-15(23)18(14)19(31)28-20(24)25-16(26-28)10-12-4-6-13(7-5-12)34(32,33)27-17(30)8-9-21-11-29/h1-7,11H,8-10H2,(H,27,30)(H2,24,25,26). The van der Waals surface area contributed by atoms with Crippen LogP contribution in [0.25, 0.3) is 0 Å². The zero-order chi connectivity index (χ0) is 24.9. The number of amides is 1. The fourth-order valence-corrected chi connectivity index (χ4v) is 3.93. The maximum Gasteiger partial charge on any atom is 0.287 e. The van der Waals surface area contributed by atoms with Crippen LogP contribution in [-0.4, -0.2) is 48.5 Å². The van der Waals surface area contributed by atoms with Crippen LogP contribution in [-0.2, 0) is 26.0 Å². The molecule has 0 saturated carbocycles. The summed E-state index contributed by atoms with van der Waals surface area (Å²) in [7, 11) is -2.91. The highest BCUT2D eigenvalue weighted by atomic mass is 32.2. The van der Waals surface area contributed by atoms with Crippen LogP contribution in [0.2, 0.25) is 6.32 Å². The molecule has 0 aliphatic carbocycles. The van der Waals surface area contributed by atoms with Crippen molar-refractivity contribution in [3.05, 3.63) is 71.1 Å². The fraction of sp³-hybridized carbons (Fsp3) is 0.150. The van der Waals surface area contributed by atoms with Gasteiger partial charge in [0.25, 0.3) is 15.9 Å². The second-order valence-corrected chi connectivity index (χ2v) is 8.64. The van der Waals surface area contributed by atoms with E-state index in [0.717, 1.165) is 18.2 Å². The van der Waals surface area contributed by atoms with Crippen molar-refractivity contribution in [2.24, 2.45) is 0 Å². The molecule has 1 heterocycles. The number of anilines is 1. The molecule has 1 amide bonds. The first kappa shape index (κ1) is 24.7. The number of carbonyl (C=O) groups excluding carboxylic acids is 3. The molecule has 175 valence electrons. The van der Waals surface area contributed by atoms with Crippen molar-refractivity contribution in [2.45, 2.75) is 24.1 Å². The van der Waals surface area contributed by atoms with Gasteiger partial charge in [0.2, 0.25) is 11.9 Å². The van der Waals surface area contributed by atoms with E-state index in [1.165, 1.54) is 31.5 Å². The summed E-state index contributed by atoms with van der Waals surface area (Å²) in [6.07, 6.45) is 0.485. The molecule has 34 heavy (non-hydrogen) atoms. The Morgan fingerprint density at radius 1 is 1.12 bits per heavy atom. The maximum absolute atomic E-state index is 13.9. The van der Waals surface area contributed by atoms with E-state index in [1.807, 2.05) is 4.72 Å². The number of aromatic nitrogens is 3. The van der Waals surface area contributed by atoms with Gasteiger partial charge >= 0.3 is 0 Å². The van der Waals surface area contributed by atoms with E-state index in [1.54, 1.807) is 0 Å². The van der Waals surface area contributed by atoms with Gasteiger partial charge in [0, 0.05) is 12.8 Å². The van der Waals surface area contributed by atoms with E-state index in [-0.39, 0.29) is 35.8 Å². The minimum Gasteiger partial charge on any atom is -0.368 e. The Morgan fingerprint density at radius 3 is 2.38 bits per heavy atom. The number of benzene rings is 2. The molecule has 0 bridgehead atoms. The number of rotatable bonds is 9. The molecule has 3 rings (SSSR count). The SMILES string of the molecule is Nc1nc(Cc2ccc(S(=O)(=O)NC(=O)CC[B]C=O)cc2)nn1C(=O)c1c(F)cccc1F. The normalized spacial score (nSPS) is 11.1. The summed E-state index contributed by atoms with van der Waals surface area (Å²) in [6.45, 7) is 0. The van der Waals surface area contributed by atoms with E-state index in [0.29, 0.717) is 16.4 Å². The highest BCUT2D eigenvalue weighted by molar-refractivity contribution is 7.90. The van der Waals surface area contributed by atoms with Gasteiger partial charge in [0.15, 0.2) is 13.1 Å². The Labute approximate surface area is 193 Å². The van der Waals surface area contributed by atoms with Crippen molar-refractivity contribution in [3.8, 4) is 0 Å². The van der Waals surface area contributed by atoms with Crippen LogP contribution in [0.4, 0.5) is 14.7 Å². The van der Waals surface area contributed by atoms with E-state index in [9.17, 15) is 31.6 Å². The molecule has 1 aromatic heterocycles. The maximum atomic E-state index is 13.9. The van der Waals surface area contributed by atoms with Gasteiger partial charge < -0.3 is 10.5 Å². The van der Waals surface area contributed by atoms with E-state index in [2.05, 4.69) is 10.1 Å². The van der Waals surface area contributed by atoms with Crippen molar-refractivity contribution >= 4 is 41.3 Å². The summed E-state index contributed by atoms with van der Waals surface area (Å²) < 4.78 is 54.9. The van der Waals surface area contributed by atoms with Crippen molar-refractivity contribution in [1.29, 1.82) is 0 Å². The number of halogens is 2. The molecule has 0 aliphatic rings. The lowest BCUT2D eigenvalue weighted by atomic mass is 9.76. The molecule has 0 fully saturated rings. The van der Waals surface area contributed by atoms with Crippen molar-refractivity contribution < 1.29 is 31.6 Å². The van der Waals surface area contributed by atoms with E-state index >= 15 is 0 Å². The van der Waals surface area contributed by atoms with Gasteiger partial charge in [-0.25, -0.2) is 21.9 Å². The Hall–Kier alpha value is -3.94. The summed E-state index contributed by atoms with van der Waals surface area (Å²) in [6, 6.07) is 8.34. The molecule has 0 atom stereocenters. The number of hydrogen-bond donors (Lipinski definition) is 2. The monoisotopic (exact) mass is 488 g/mol. The van der Waals surface area contributed by atoms with Crippen molar-refractivity contribution in [3.63, 3.8) is 0 Å². The molecule has 3 N–H and O–H groups in total. The molecular weight excluding hydrogens is 471 g/mol. The van der Waals surface area contributed by atoms with Gasteiger partial charge in [0.05, 0.1) is 11.1 Å². The van der Waals surface area contributed by atoms with Crippen LogP contribution in [0, 0.1) is 11.6 Å². The van der Waals surface area contributed by atoms with Crippen LogP contribution in [0.3, 0.4) is 0 Å². The van der Waals surface area contributed by atoms with Gasteiger partial charge in [-0.2, -0.15) is 9.67 Å². The molecule has 14 heteroatoms. The number of nitrogen functional groups attached to an aromatic ring is 1. The molecule has 0 saturated heterocycles. The van der Waals surface area contributed by atoms with Crippen molar-refractivity contribution in [2.75, 3.05) is 5.73 Å². The molecule has 0 aliphatic heterocycles. The molecule has 2 aromatic carbocycles. The summed E-state index contributed by atoms with van der Waals surface area (Å²) >= 11 is 0. The highest BCUT2D eigenvalue weighted by Gasteiger charge is 2.23. The summed E-state index contributed by atoms with van der Waals surface area (Å²) in [5.41, 5.74) is 5.39. The molecule has 1 radical (unpaired) electrons. The lowest BCUT2D eigenvalue weighted by molar-refractivity contribution is -0.119. The third kappa shape index (κ3) is 5.70. The molecule has 0 unspecified atom stereocenters. The predicted octanol–water partition coefficient (Wildman–Crippen LogP) is 0.925. The lowest BCUT2D eigenvalue weighted by Crippen LogP contribution is -2.30. The zero-order valence-electron chi connectivity index (χ0n) is 17.4. The second kappa shape index (κ2) is 10.3. The van der Waals surface area contributed by atoms with Gasteiger partial charge in [-0.3, -0.25) is 9.59 Å². The smallest absolute Gasteiger partial charge is 0.287 e. The first-order chi connectivity index (χ1) is 16.1. The Balaban J connectivity index is 1.72. The lowest BCUT2D eigenvalue weighted by Gasteiger charge is -2.07. The number of nitrogens with one attached hydrogen (secondary N) is 1. The van der Waals surface area contributed by atoms with Crippen LogP contribution < -0.4 is 10.5 Å². The highest BCUT2D eigenvalue weighted by Crippen LogP contribution is 2.17. The largest absolute Gasteiger partial charge is 0.368 e. The topological polar surface area (TPSA) is 154 Å². The number of nitrogens with two attached hydrogens (primary N) is 1. The molecular formula is C20H17BF2N5O5S. The average molecular weight is 488 g/mol. The predicted molar refractivity (Wildman–Crippen MR) is 117 cm³/mol. The molecule has 3 aromatic rings.